The molecule has 0 radical (unpaired) electrons. The van der Waals surface area contributed by atoms with E-state index in [1.807, 2.05) is 22.7 Å². The van der Waals surface area contributed by atoms with E-state index >= 15 is 0 Å². The van der Waals surface area contributed by atoms with Gasteiger partial charge in [0.2, 0.25) is 0 Å². The summed E-state index contributed by atoms with van der Waals surface area (Å²) in [7, 11) is -2.47. The molecule has 0 atom stereocenters. The Hall–Kier alpha value is -4.39. The maximum atomic E-state index is 6.04. The van der Waals surface area contributed by atoms with E-state index in [9.17, 15) is 0 Å². The first kappa shape index (κ1) is 39.1. The average molecular weight is 983 g/mol. The van der Waals surface area contributed by atoms with Gasteiger partial charge in [0, 0.05) is 9.75 Å². The van der Waals surface area contributed by atoms with Gasteiger partial charge in [0.15, 0.2) is 0 Å². The predicted molar refractivity (Wildman–Crippen MR) is 248 cm³/mol. The second-order valence-corrected chi connectivity index (χ2v) is 22.3. The second-order valence-electron chi connectivity index (χ2n) is 16.2. The van der Waals surface area contributed by atoms with Gasteiger partial charge in [0.25, 0.3) is 0 Å². The molecule has 9 rings (SSSR count). The molecule has 0 saturated carbocycles. The van der Waals surface area contributed by atoms with Gasteiger partial charge in [0.05, 0.1) is 0 Å². The molecule has 0 N–H and O–H groups in total. The van der Waals surface area contributed by atoms with Crippen LogP contribution in [0.25, 0.3) is 27.0 Å². The molecule has 2 aliphatic carbocycles. The Kier molecular flexibility index (Phi) is 10.3. The van der Waals surface area contributed by atoms with Crippen LogP contribution in [0.5, 0.6) is 0 Å². The number of fused-ring (bicyclic) bond motifs is 6. The first-order chi connectivity index (χ1) is 28.1. The van der Waals surface area contributed by atoms with Gasteiger partial charge in [-0.1, -0.05) is 19.9 Å². The van der Waals surface area contributed by atoms with E-state index in [2.05, 4.69) is 197 Å². The van der Waals surface area contributed by atoms with Crippen LogP contribution in [0.3, 0.4) is 0 Å². The molecule has 0 bridgehead atoms. The summed E-state index contributed by atoms with van der Waals surface area (Å²) in [6.07, 6.45) is 8.87. The fourth-order valence-corrected chi connectivity index (χ4v) is 17.4. The fraction of sp³-hybridized carbons (Fsp3) is 0.189. The van der Waals surface area contributed by atoms with E-state index in [1.54, 1.807) is 17.9 Å². The van der Waals surface area contributed by atoms with Crippen molar-refractivity contribution in [3.05, 3.63) is 188 Å². The minimum atomic E-state index is -2.47. The van der Waals surface area contributed by atoms with Crippen LogP contribution in [0, 0.1) is 16.2 Å². The molecule has 1 fully saturated rings. The van der Waals surface area contributed by atoms with Gasteiger partial charge in [-0.2, -0.15) is 0 Å². The molecule has 5 heteroatoms. The molecule has 0 amide bonds. The molecule has 3 aliphatic rings. The van der Waals surface area contributed by atoms with Crippen molar-refractivity contribution in [1.82, 2.24) is 0 Å². The van der Waals surface area contributed by atoms with Crippen molar-refractivity contribution >= 4 is 51.9 Å². The number of rotatable bonds is 6. The van der Waals surface area contributed by atoms with Crippen molar-refractivity contribution in [2.75, 3.05) is 13.2 Å². The van der Waals surface area contributed by atoms with Crippen molar-refractivity contribution in [1.29, 1.82) is 0 Å². The molecule has 6 aromatic rings. The third-order valence-corrected chi connectivity index (χ3v) is 19.8. The Balaban J connectivity index is 1.25. The Morgan fingerprint density at radius 3 is 1.71 bits per heavy atom. The summed E-state index contributed by atoms with van der Waals surface area (Å²) < 4.78 is 9.88. The van der Waals surface area contributed by atoms with Gasteiger partial charge in [-0.05, 0) is 24.6 Å². The number of allylic oxidation sites excluding steroid dienone is 5. The number of ether oxygens (including phenoxy) is 1. The van der Waals surface area contributed by atoms with Crippen LogP contribution >= 0.6 is 29.9 Å². The zero-order valence-electron chi connectivity index (χ0n) is 33.7. The van der Waals surface area contributed by atoms with Gasteiger partial charge in [-0.15, -0.1) is 11.3 Å². The van der Waals surface area contributed by atoms with E-state index in [0.717, 1.165) is 15.8 Å². The molecule has 1 saturated heterocycles. The topological polar surface area (TPSA) is 9.23 Å². The zero-order valence-corrected chi connectivity index (χ0v) is 38.8. The van der Waals surface area contributed by atoms with Gasteiger partial charge < -0.3 is 0 Å². The van der Waals surface area contributed by atoms with Crippen molar-refractivity contribution in [3.63, 3.8) is 0 Å². The van der Waals surface area contributed by atoms with E-state index in [4.69, 9.17) is 4.74 Å². The van der Waals surface area contributed by atoms with E-state index in [-0.39, 0.29) is 10.8 Å². The molecular formula is C53H45OOsPS2+. The summed E-state index contributed by atoms with van der Waals surface area (Å²) in [5.41, 5.74) is 11.7. The molecule has 4 aromatic carbocycles. The van der Waals surface area contributed by atoms with E-state index in [1.165, 1.54) is 75.1 Å². The third-order valence-electron chi connectivity index (χ3n) is 12.2. The molecule has 58 heavy (non-hydrogen) atoms. The number of thiophene rings is 2. The summed E-state index contributed by atoms with van der Waals surface area (Å²) >= 11 is 5.57. The average Bonchev–Trinajstić information content (AvgIpc) is 4.06. The summed E-state index contributed by atoms with van der Waals surface area (Å²) in [5, 5.41) is 4.99. The zero-order chi connectivity index (χ0) is 40.2. The van der Waals surface area contributed by atoms with Crippen LogP contribution in [0.4, 0.5) is 0 Å². The van der Waals surface area contributed by atoms with E-state index in [0.29, 0.717) is 13.2 Å². The fourth-order valence-electron chi connectivity index (χ4n) is 9.14. The molecule has 0 spiro atoms. The minimum absolute atomic E-state index is 0.0537. The molecule has 1 aliphatic heterocycles. The van der Waals surface area contributed by atoms with Gasteiger partial charge in [-0.3, -0.25) is 0 Å². The predicted octanol–water partition coefficient (Wildman–Crippen LogP) is 12.5. The van der Waals surface area contributed by atoms with Crippen LogP contribution in [-0.2, 0) is 33.5 Å². The summed E-state index contributed by atoms with van der Waals surface area (Å²) in [5.74, 6) is 7.61. The van der Waals surface area contributed by atoms with Gasteiger partial charge in [0.1, 0.15) is 0 Å². The van der Waals surface area contributed by atoms with Crippen LogP contribution < -0.4 is 15.9 Å². The molecule has 1 nitrogen and oxygen atoms in total. The number of hydrogen-bond donors (Lipinski definition) is 0. The molecule has 287 valence electrons. The van der Waals surface area contributed by atoms with Crippen molar-refractivity contribution in [3.8, 4) is 37.1 Å². The first-order valence-corrected chi connectivity index (χ1v) is 24.5. The molecule has 3 heterocycles. The first-order valence-electron chi connectivity index (χ1n) is 19.9. The number of benzene rings is 4. The Bertz CT molecular complexity index is 2730. The Morgan fingerprint density at radius 2 is 1.19 bits per heavy atom. The summed E-state index contributed by atoms with van der Waals surface area (Å²) in [6, 6.07) is 42.9. The molecule has 2 aromatic heterocycles. The Labute approximate surface area is 362 Å². The van der Waals surface area contributed by atoms with Crippen LogP contribution in [-0.4, -0.2) is 13.2 Å². The quantitative estimate of drug-likeness (QED) is 0.119. The van der Waals surface area contributed by atoms with Gasteiger partial charge in [-0.25, -0.2) is 0 Å². The summed E-state index contributed by atoms with van der Waals surface area (Å²) in [4.78, 5) is 5.20. The number of hydrogen-bond acceptors (Lipinski definition) is 3. The summed E-state index contributed by atoms with van der Waals surface area (Å²) in [6.45, 7) is 15.0. The van der Waals surface area contributed by atoms with Crippen molar-refractivity contribution < 1.29 is 22.7 Å². The maximum absolute atomic E-state index is 6.04. The van der Waals surface area contributed by atoms with Crippen LogP contribution in [0.2, 0.25) is 0 Å². The normalized spacial score (nSPS) is 17.7. The third kappa shape index (κ3) is 6.23. The van der Waals surface area contributed by atoms with Crippen molar-refractivity contribution in [2.45, 2.75) is 52.4 Å². The SMILES string of the molecule is CC=C1COCC1=CC(C#Cc1cc2c(s1)-c1cc3c(cc1C2(C)C)-c1sc(/C=C/C)cc1C3(C)C)=C([C]#[Os])[P+](c1ccccc1)(c1ccccc1)c1ccccc1. The standard InChI is InChI=1S/C53H45OPS2.Os/c1-8-19-42-29-48-50(56-42)44-31-47-45(32-46(44)52(48,4)5)51-49(53(47,6)7)30-43(57-51)27-26-37(28-38-34-54-33-36(38)9-2)35(3)55(39-20-13-10-14-21-39,40-22-15-11-16-23-40)41-24-17-12-18-25-41;/h8-25,28-32H,33-34H2,1-2,4-7H3;/q+1;/b19-8+,36-9?,37-35?,38-28?;. The van der Waals surface area contributed by atoms with E-state index < -0.39 is 7.26 Å². The van der Waals surface area contributed by atoms with Crippen LogP contribution in [0.1, 0.15) is 73.6 Å². The Morgan fingerprint density at radius 1 is 0.672 bits per heavy atom. The van der Waals surface area contributed by atoms with Crippen molar-refractivity contribution in [2.24, 2.45) is 0 Å². The monoisotopic (exact) mass is 984 g/mol. The van der Waals surface area contributed by atoms with Crippen LogP contribution in [0.15, 0.2) is 156 Å². The van der Waals surface area contributed by atoms with Gasteiger partial charge >= 0.3 is 299 Å². The molecular weight excluding hydrogens is 938 g/mol. The second kappa shape index (κ2) is 15.3. The molecule has 0 unspecified atom stereocenters.